The Morgan fingerprint density at radius 2 is 1.92 bits per heavy atom. The highest BCUT2D eigenvalue weighted by Crippen LogP contribution is 2.24. The van der Waals surface area contributed by atoms with Crippen molar-refractivity contribution in [3.8, 4) is 0 Å². The number of nitrogens with zero attached hydrogens (tertiary/aromatic N) is 7. The Hall–Kier alpha value is -4.47. The number of aryl methyl sites for hydroxylation is 1. The van der Waals surface area contributed by atoms with E-state index in [0.717, 1.165) is 42.0 Å². The Morgan fingerprint density at radius 3 is 2.71 bits per heavy atom. The van der Waals surface area contributed by atoms with Gasteiger partial charge in [0.25, 0.3) is 5.91 Å². The first kappa shape index (κ1) is 25.2. The van der Waals surface area contributed by atoms with E-state index < -0.39 is 0 Å². The second-order valence-corrected chi connectivity index (χ2v) is 9.59. The fourth-order valence-electron chi connectivity index (χ4n) is 4.63. The van der Waals surface area contributed by atoms with Gasteiger partial charge in [0, 0.05) is 25.7 Å². The van der Waals surface area contributed by atoms with Gasteiger partial charge in [-0.2, -0.15) is 5.10 Å². The van der Waals surface area contributed by atoms with Gasteiger partial charge in [-0.3, -0.25) is 14.6 Å². The molecule has 10 heteroatoms. The third-order valence-electron chi connectivity index (χ3n) is 6.56. The molecule has 10 nitrogen and oxygen atoms in total. The molecule has 3 aromatic heterocycles. The number of pyridine rings is 1. The number of benzene rings is 1. The van der Waals surface area contributed by atoms with Crippen LogP contribution in [0, 0.1) is 6.92 Å². The third-order valence-corrected chi connectivity index (χ3v) is 6.56. The van der Waals surface area contributed by atoms with Crippen molar-refractivity contribution in [3.63, 3.8) is 0 Å². The molecule has 1 amide bonds. The van der Waals surface area contributed by atoms with E-state index >= 15 is 0 Å². The zero-order valence-electron chi connectivity index (χ0n) is 21.3. The zero-order chi connectivity index (χ0) is 26.3. The zero-order valence-corrected chi connectivity index (χ0v) is 21.3. The number of rotatable bonds is 9. The Balaban J connectivity index is 1.15. The Bertz CT molecular complexity index is 1390. The van der Waals surface area contributed by atoms with E-state index in [1.165, 1.54) is 0 Å². The lowest BCUT2D eigenvalue weighted by Crippen LogP contribution is -2.37. The number of amides is 1. The van der Waals surface area contributed by atoms with Gasteiger partial charge in [-0.05, 0) is 49.6 Å². The van der Waals surface area contributed by atoms with Crippen LogP contribution in [-0.2, 0) is 24.2 Å². The topological polar surface area (TPSA) is 119 Å². The van der Waals surface area contributed by atoms with Gasteiger partial charge >= 0.3 is 0 Å². The summed E-state index contributed by atoms with van der Waals surface area (Å²) in [4.78, 5) is 31.4. The minimum Gasteiger partial charge on any atom is -0.353 e. The largest absolute Gasteiger partial charge is 0.353 e. The van der Waals surface area contributed by atoms with Crippen molar-refractivity contribution >= 4 is 17.5 Å². The Labute approximate surface area is 221 Å². The van der Waals surface area contributed by atoms with Crippen LogP contribution in [0.15, 0.2) is 67.0 Å². The summed E-state index contributed by atoms with van der Waals surface area (Å²) in [7, 11) is 0. The third kappa shape index (κ3) is 6.44. The lowest BCUT2D eigenvalue weighted by molar-refractivity contribution is -0.117. The molecule has 4 aromatic rings. The second kappa shape index (κ2) is 11.7. The number of hydrogen-bond donors (Lipinski definition) is 1. The standard InChI is InChI=1S/C28H30N8O2/c1-20-6-4-7-21(14-20)15-25(37)16-22-10-11-27(33-31-22)35-13-5-9-24(18-35)36-19-26(32-34-36)28(38)30-17-23-8-2-3-12-29-23/h2-4,6-8,10-12,14,19,24H,5,9,13,15-18H2,1H3,(H,30,38). The molecule has 0 saturated carbocycles. The summed E-state index contributed by atoms with van der Waals surface area (Å²) >= 11 is 0. The summed E-state index contributed by atoms with van der Waals surface area (Å²) in [5, 5.41) is 19.8. The first-order valence-corrected chi connectivity index (χ1v) is 12.8. The number of nitrogens with one attached hydrogen (secondary N) is 1. The molecule has 1 saturated heterocycles. The molecule has 38 heavy (non-hydrogen) atoms. The fraction of sp³-hybridized carbons (Fsp3) is 0.321. The molecule has 0 radical (unpaired) electrons. The lowest BCUT2D eigenvalue weighted by Gasteiger charge is -2.33. The van der Waals surface area contributed by atoms with Crippen LogP contribution >= 0.6 is 0 Å². The van der Waals surface area contributed by atoms with Gasteiger partial charge in [-0.15, -0.1) is 10.2 Å². The molecule has 1 aliphatic rings. The van der Waals surface area contributed by atoms with Crippen LogP contribution in [0.25, 0.3) is 0 Å². The van der Waals surface area contributed by atoms with Crippen LogP contribution in [0.5, 0.6) is 0 Å². The van der Waals surface area contributed by atoms with E-state index in [1.807, 2.05) is 61.5 Å². The summed E-state index contributed by atoms with van der Waals surface area (Å²) in [6, 6.07) is 17.4. The van der Waals surface area contributed by atoms with Crippen molar-refractivity contribution in [2.45, 2.75) is 45.2 Å². The maximum absolute atomic E-state index is 12.5. The smallest absolute Gasteiger partial charge is 0.273 e. The summed E-state index contributed by atoms with van der Waals surface area (Å²) in [5.41, 5.74) is 3.88. The molecular formula is C28H30N8O2. The van der Waals surface area contributed by atoms with Gasteiger partial charge in [-0.25, -0.2) is 4.68 Å². The Morgan fingerprint density at radius 1 is 1.00 bits per heavy atom. The molecule has 1 fully saturated rings. The molecule has 0 bridgehead atoms. The average molecular weight is 511 g/mol. The van der Waals surface area contributed by atoms with Gasteiger partial charge in [0.2, 0.25) is 0 Å². The second-order valence-electron chi connectivity index (χ2n) is 9.59. The molecule has 1 aliphatic heterocycles. The molecule has 1 atom stereocenters. The van der Waals surface area contributed by atoms with E-state index in [4.69, 9.17) is 0 Å². The number of aromatic nitrogens is 6. The lowest BCUT2D eigenvalue weighted by atomic mass is 10.0. The maximum atomic E-state index is 12.5. The van der Waals surface area contributed by atoms with Crippen molar-refractivity contribution in [1.82, 2.24) is 35.5 Å². The molecule has 0 aliphatic carbocycles. The monoisotopic (exact) mass is 510 g/mol. The molecule has 194 valence electrons. The number of hydrogen-bond acceptors (Lipinski definition) is 8. The van der Waals surface area contributed by atoms with Crippen LogP contribution in [-0.4, -0.2) is 55.0 Å². The fourth-order valence-corrected chi connectivity index (χ4v) is 4.63. The van der Waals surface area contributed by atoms with E-state index in [1.54, 1.807) is 17.1 Å². The highest BCUT2D eigenvalue weighted by atomic mass is 16.2. The Kier molecular flexibility index (Phi) is 7.77. The van der Waals surface area contributed by atoms with Crippen LogP contribution < -0.4 is 10.2 Å². The molecule has 5 rings (SSSR count). The summed E-state index contributed by atoms with van der Waals surface area (Å²) in [5.74, 6) is 0.590. The SMILES string of the molecule is Cc1cccc(CC(=O)Cc2ccc(N3CCCC(n4cc(C(=O)NCc5ccccn5)nn4)C3)nn2)c1. The van der Waals surface area contributed by atoms with Crippen molar-refractivity contribution in [3.05, 3.63) is 95.2 Å². The van der Waals surface area contributed by atoms with Crippen LogP contribution in [0.4, 0.5) is 5.82 Å². The average Bonchev–Trinajstić information content (AvgIpc) is 3.44. The van der Waals surface area contributed by atoms with Crippen LogP contribution in [0.3, 0.4) is 0 Å². The van der Waals surface area contributed by atoms with E-state index in [0.29, 0.717) is 25.2 Å². The van der Waals surface area contributed by atoms with Gasteiger partial charge in [0.05, 0.1) is 36.6 Å². The predicted molar refractivity (Wildman–Crippen MR) is 142 cm³/mol. The van der Waals surface area contributed by atoms with Crippen LogP contribution in [0.1, 0.15) is 51.9 Å². The molecular weight excluding hydrogens is 480 g/mol. The van der Waals surface area contributed by atoms with Crippen molar-refractivity contribution < 1.29 is 9.59 Å². The highest BCUT2D eigenvalue weighted by Gasteiger charge is 2.24. The molecule has 0 spiro atoms. The number of ketones is 1. The summed E-state index contributed by atoms with van der Waals surface area (Å²) in [6.45, 7) is 3.88. The minimum atomic E-state index is -0.284. The summed E-state index contributed by atoms with van der Waals surface area (Å²) in [6.07, 6.45) is 5.90. The molecule has 4 heterocycles. The molecule has 1 aromatic carbocycles. The van der Waals surface area contributed by atoms with E-state index in [-0.39, 0.29) is 29.8 Å². The number of carbonyl (C=O) groups is 2. The van der Waals surface area contributed by atoms with E-state index in [2.05, 4.69) is 35.7 Å². The summed E-state index contributed by atoms with van der Waals surface area (Å²) < 4.78 is 1.76. The van der Waals surface area contributed by atoms with Crippen molar-refractivity contribution in [1.29, 1.82) is 0 Å². The first-order valence-electron chi connectivity index (χ1n) is 12.8. The quantitative estimate of drug-likeness (QED) is 0.365. The van der Waals surface area contributed by atoms with Gasteiger partial charge in [0.1, 0.15) is 5.78 Å². The number of Topliss-reactive ketones (excluding diaryl/α,β-unsaturated/α-hetero) is 1. The first-order chi connectivity index (χ1) is 18.5. The normalized spacial score (nSPS) is 15.3. The predicted octanol–water partition coefficient (Wildman–Crippen LogP) is 2.90. The van der Waals surface area contributed by atoms with Crippen LogP contribution in [0.2, 0.25) is 0 Å². The molecule has 1 N–H and O–H groups in total. The number of carbonyl (C=O) groups excluding carboxylic acids is 2. The van der Waals surface area contributed by atoms with Crippen molar-refractivity contribution in [2.75, 3.05) is 18.0 Å². The van der Waals surface area contributed by atoms with E-state index in [9.17, 15) is 9.59 Å². The minimum absolute atomic E-state index is 0.0611. The maximum Gasteiger partial charge on any atom is 0.273 e. The van der Waals surface area contributed by atoms with Gasteiger partial charge in [0.15, 0.2) is 11.5 Å². The number of piperidine rings is 1. The highest BCUT2D eigenvalue weighted by molar-refractivity contribution is 5.91. The number of anilines is 1. The van der Waals surface area contributed by atoms with Gasteiger partial charge in [-0.1, -0.05) is 41.1 Å². The molecule has 1 unspecified atom stereocenters. The van der Waals surface area contributed by atoms with Crippen molar-refractivity contribution in [2.24, 2.45) is 0 Å². The van der Waals surface area contributed by atoms with Gasteiger partial charge < -0.3 is 10.2 Å².